The summed E-state index contributed by atoms with van der Waals surface area (Å²) in [5.74, 6) is -0.657. The molecular weight excluding hydrogens is 328 g/mol. The van der Waals surface area contributed by atoms with Crippen LogP contribution in [0.4, 0.5) is 0 Å². The molecule has 124 valence electrons. The van der Waals surface area contributed by atoms with Gasteiger partial charge in [0.05, 0.1) is 17.6 Å². The molecule has 0 amide bonds. The summed E-state index contributed by atoms with van der Waals surface area (Å²) in [7, 11) is -2.53. The van der Waals surface area contributed by atoms with Crippen molar-refractivity contribution in [1.29, 1.82) is 0 Å². The molecule has 0 aromatic heterocycles. The van der Waals surface area contributed by atoms with E-state index in [2.05, 4.69) is 4.74 Å². The summed E-state index contributed by atoms with van der Waals surface area (Å²) in [6.45, 7) is 0.708. The van der Waals surface area contributed by atoms with E-state index in [1.54, 1.807) is 12.1 Å². The number of carbonyl (C=O) groups excluding carboxylic acids is 1. The lowest BCUT2D eigenvalue weighted by molar-refractivity contribution is 0.0596. The fourth-order valence-electron chi connectivity index (χ4n) is 2.62. The Bertz CT molecular complexity index is 621. The van der Waals surface area contributed by atoms with E-state index in [1.165, 1.54) is 23.5 Å². The molecule has 0 spiro atoms. The molecule has 0 bridgehead atoms. The SMILES string of the molecule is COC(=O)c1ccccc1S(=O)(=O)N1CCCCC1CN.Cl. The number of hydrogen-bond donors (Lipinski definition) is 1. The zero-order chi connectivity index (χ0) is 15.5. The highest BCUT2D eigenvalue weighted by Gasteiger charge is 2.35. The van der Waals surface area contributed by atoms with Crippen LogP contribution in [0.15, 0.2) is 29.2 Å². The summed E-state index contributed by atoms with van der Waals surface area (Å²) >= 11 is 0. The van der Waals surface area contributed by atoms with Gasteiger partial charge in [-0.1, -0.05) is 18.6 Å². The Labute approximate surface area is 137 Å². The number of sulfonamides is 1. The number of ether oxygens (including phenoxy) is 1. The number of nitrogens with zero attached hydrogens (tertiary/aromatic N) is 1. The molecule has 1 fully saturated rings. The molecule has 1 atom stereocenters. The molecule has 0 saturated carbocycles. The van der Waals surface area contributed by atoms with E-state index >= 15 is 0 Å². The maximum atomic E-state index is 12.9. The Morgan fingerprint density at radius 2 is 2.05 bits per heavy atom. The Morgan fingerprint density at radius 1 is 1.36 bits per heavy atom. The molecule has 1 aliphatic heterocycles. The quantitative estimate of drug-likeness (QED) is 0.830. The van der Waals surface area contributed by atoms with Crippen LogP contribution in [0.3, 0.4) is 0 Å². The van der Waals surface area contributed by atoms with Crippen LogP contribution in [0.25, 0.3) is 0 Å². The lowest BCUT2D eigenvalue weighted by Gasteiger charge is -2.34. The third kappa shape index (κ3) is 3.60. The van der Waals surface area contributed by atoms with E-state index in [9.17, 15) is 13.2 Å². The molecule has 1 aromatic carbocycles. The fourth-order valence-corrected chi connectivity index (χ4v) is 4.51. The van der Waals surface area contributed by atoms with E-state index in [0.717, 1.165) is 19.3 Å². The highest BCUT2D eigenvalue weighted by atomic mass is 35.5. The van der Waals surface area contributed by atoms with Crippen molar-refractivity contribution in [3.05, 3.63) is 29.8 Å². The number of esters is 1. The maximum absolute atomic E-state index is 12.9. The van der Waals surface area contributed by atoms with Crippen LogP contribution in [0.2, 0.25) is 0 Å². The van der Waals surface area contributed by atoms with Gasteiger partial charge in [-0.2, -0.15) is 4.31 Å². The van der Waals surface area contributed by atoms with E-state index in [4.69, 9.17) is 5.73 Å². The molecule has 22 heavy (non-hydrogen) atoms. The van der Waals surface area contributed by atoms with Gasteiger partial charge in [0.1, 0.15) is 0 Å². The summed E-state index contributed by atoms with van der Waals surface area (Å²) in [5.41, 5.74) is 5.75. The van der Waals surface area contributed by atoms with Crippen LogP contribution in [0.5, 0.6) is 0 Å². The van der Waals surface area contributed by atoms with Gasteiger partial charge >= 0.3 is 5.97 Å². The largest absolute Gasteiger partial charge is 0.465 e. The Balaban J connectivity index is 0.00000242. The highest BCUT2D eigenvalue weighted by molar-refractivity contribution is 7.89. The summed E-state index contributed by atoms with van der Waals surface area (Å²) in [6, 6.07) is 5.89. The van der Waals surface area contributed by atoms with E-state index in [-0.39, 0.29) is 35.5 Å². The van der Waals surface area contributed by atoms with Crippen molar-refractivity contribution < 1.29 is 17.9 Å². The second-order valence-corrected chi connectivity index (χ2v) is 6.85. The van der Waals surface area contributed by atoms with Crippen molar-refractivity contribution >= 4 is 28.4 Å². The highest BCUT2D eigenvalue weighted by Crippen LogP contribution is 2.27. The first kappa shape index (κ1) is 18.9. The van der Waals surface area contributed by atoms with Crippen molar-refractivity contribution in [3.8, 4) is 0 Å². The van der Waals surface area contributed by atoms with E-state index in [1.807, 2.05) is 0 Å². The first-order valence-corrected chi connectivity index (χ1v) is 8.35. The topological polar surface area (TPSA) is 89.7 Å². The van der Waals surface area contributed by atoms with Crippen LogP contribution in [0.1, 0.15) is 29.6 Å². The molecule has 1 aliphatic rings. The second kappa shape index (κ2) is 7.92. The number of piperidine rings is 1. The van der Waals surface area contributed by atoms with Gasteiger partial charge in [0.15, 0.2) is 0 Å². The van der Waals surface area contributed by atoms with Gasteiger partial charge in [0.2, 0.25) is 10.0 Å². The minimum Gasteiger partial charge on any atom is -0.465 e. The molecule has 0 aliphatic carbocycles. The van der Waals surface area contributed by atoms with Crippen LogP contribution < -0.4 is 5.73 Å². The standard InChI is InChI=1S/C14H20N2O4S.ClH/c1-20-14(17)12-7-2-3-8-13(12)21(18,19)16-9-5-4-6-11(16)10-15;/h2-3,7-8,11H,4-6,9-10,15H2,1H3;1H. The molecule has 1 saturated heterocycles. The van der Waals surface area contributed by atoms with E-state index < -0.39 is 16.0 Å². The summed E-state index contributed by atoms with van der Waals surface area (Å²) in [4.78, 5) is 11.8. The van der Waals surface area contributed by atoms with Crippen molar-refractivity contribution in [2.45, 2.75) is 30.2 Å². The molecule has 6 nitrogen and oxygen atoms in total. The molecule has 1 unspecified atom stereocenters. The first-order chi connectivity index (χ1) is 10.0. The summed E-state index contributed by atoms with van der Waals surface area (Å²) < 4.78 is 31.8. The van der Waals surface area contributed by atoms with Gasteiger partial charge in [-0.15, -0.1) is 12.4 Å². The Kier molecular flexibility index (Phi) is 6.80. The van der Waals surface area contributed by atoms with Crippen molar-refractivity contribution in [2.75, 3.05) is 20.2 Å². The maximum Gasteiger partial charge on any atom is 0.339 e. The second-order valence-electron chi connectivity index (χ2n) is 4.99. The fraction of sp³-hybridized carbons (Fsp3) is 0.500. The third-order valence-electron chi connectivity index (χ3n) is 3.72. The minimum atomic E-state index is -3.76. The lowest BCUT2D eigenvalue weighted by atomic mass is 10.1. The third-order valence-corrected chi connectivity index (χ3v) is 5.73. The van der Waals surface area contributed by atoms with Crippen molar-refractivity contribution in [2.24, 2.45) is 5.73 Å². The van der Waals surface area contributed by atoms with Gasteiger partial charge in [-0.05, 0) is 25.0 Å². The van der Waals surface area contributed by atoms with Crippen LogP contribution in [-0.4, -0.2) is 44.9 Å². The van der Waals surface area contributed by atoms with Crippen LogP contribution in [-0.2, 0) is 14.8 Å². The number of hydrogen-bond acceptors (Lipinski definition) is 5. The summed E-state index contributed by atoms with van der Waals surface area (Å²) in [6.07, 6.45) is 2.51. The minimum absolute atomic E-state index is 0. The van der Waals surface area contributed by atoms with E-state index in [0.29, 0.717) is 6.54 Å². The first-order valence-electron chi connectivity index (χ1n) is 6.91. The molecule has 2 N–H and O–H groups in total. The average molecular weight is 349 g/mol. The van der Waals surface area contributed by atoms with Crippen molar-refractivity contribution in [1.82, 2.24) is 4.31 Å². The normalized spacial score (nSPS) is 19.3. The van der Waals surface area contributed by atoms with Gasteiger partial charge < -0.3 is 10.5 Å². The van der Waals surface area contributed by atoms with Gasteiger partial charge in [-0.25, -0.2) is 13.2 Å². The molecule has 8 heteroatoms. The lowest BCUT2D eigenvalue weighted by Crippen LogP contribution is -2.47. The predicted octanol–water partition coefficient (Wildman–Crippen LogP) is 1.40. The molecule has 1 aromatic rings. The van der Waals surface area contributed by atoms with Gasteiger partial charge in [0.25, 0.3) is 0 Å². The number of rotatable bonds is 4. The molecular formula is C14H21ClN2O4S. The molecule has 0 radical (unpaired) electrons. The average Bonchev–Trinajstić information content (AvgIpc) is 2.54. The zero-order valence-corrected chi connectivity index (χ0v) is 14.0. The van der Waals surface area contributed by atoms with Crippen LogP contribution >= 0.6 is 12.4 Å². The summed E-state index contributed by atoms with van der Waals surface area (Å²) in [5, 5.41) is 0. The predicted molar refractivity (Wildman–Crippen MR) is 85.6 cm³/mol. The number of carbonyl (C=O) groups is 1. The number of halogens is 1. The smallest absolute Gasteiger partial charge is 0.339 e. The molecule has 1 heterocycles. The number of methoxy groups -OCH3 is 1. The van der Waals surface area contributed by atoms with Crippen molar-refractivity contribution in [3.63, 3.8) is 0 Å². The number of nitrogens with two attached hydrogens (primary N) is 1. The Hall–Kier alpha value is -1.15. The van der Waals surface area contributed by atoms with Gasteiger partial charge in [-0.3, -0.25) is 0 Å². The monoisotopic (exact) mass is 348 g/mol. The Morgan fingerprint density at radius 3 is 2.68 bits per heavy atom. The molecule has 2 rings (SSSR count). The van der Waals surface area contributed by atoms with Crippen LogP contribution in [0, 0.1) is 0 Å². The zero-order valence-electron chi connectivity index (χ0n) is 12.4. The van der Waals surface area contributed by atoms with Gasteiger partial charge in [0, 0.05) is 19.1 Å². The number of benzene rings is 1.